The highest BCUT2D eigenvalue weighted by Gasteiger charge is 2.32. The van der Waals surface area contributed by atoms with E-state index < -0.39 is 41.8 Å². The van der Waals surface area contributed by atoms with E-state index in [1.165, 1.54) is 33.1 Å². The molecule has 17 heteroatoms. The predicted molar refractivity (Wildman–Crippen MR) is 208 cm³/mol. The van der Waals surface area contributed by atoms with Gasteiger partial charge in [-0.2, -0.15) is 0 Å². The SMILES string of the molecule is CC(C)C[C@@H]1NC(=O)CN(C(=O)C2CCNCC2)CCN(C)C(=O)[C@H](C)NC(=O)CN(C)C(=O)[C@@H](Cc2c[nH]c3ccccc23)NC(=O)c2csc1n2.Cl. The lowest BCUT2D eigenvalue weighted by Crippen LogP contribution is -2.53. The molecule has 15 nitrogen and oxygen atoms in total. The highest BCUT2D eigenvalue weighted by atomic mass is 35.5. The summed E-state index contributed by atoms with van der Waals surface area (Å²) >= 11 is 1.23. The molecule has 1 fully saturated rings. The molecule has 2 aliphatic rings. The number of carbonyl (C=O) groups is 6. The molecule has 0 aliphatic carbocycles. The van der Waals surface area contributed by atoms with Gasteiger partial charge in [0.15, 0.2) is 0 Å². The summed E-state index contributed by atoms with van der Waals surface area (Å²) in [5.74, 6) is -2.64. The molecule has 1 saturated heterocycles. The van der Waals surface area contributed by atoms with Crippen LogP contribution in [-0.2, 0) is 30.4 Å². The molecule has 2 aromatic heterocycles. The van der Waals surface area contributed by atoms with Crippen molar-refractivity contribution in [1.82, 2.24) is 45.9 Å². The molecular formula is C37H52ClN9O6S. The Kier molecular flexibility index (Phi) is 15.0. The quantitative estimate of drug-likeness (QED) is 0.259. The van der Waals surface area contributed by atoms with Crippen LogP contribution >= 0.6 is 23.7 Å². The maximum atomic E-state index is 13.9. The lowest BCUT2D eigenvalue weighted by Gasteiger charge is -2.31. The number of aromatic nitrogens is 2. The molecule has 0 saturated carbocycles. The average Bonchev–Trinajstić information content (AvgIpc) is 3.79. The van der Waals surface area contributed by atoms with E-state index in [0.717, 1.165) is 16.5 Å². The number of nitrogens with one attached hydrogen (secondary N) is 5. The lowest BCUT2D eigenvalue weighted by atomic mass is 9.96. The number of hydrogen-bond donors (Lipinski definition) is 5. The molecule has 6 amide bonds. The smallest absolute Gasteiger partial charge is 0.271 e. The largest absolute Gasteiger partial charge is 0.361 e. The minimum Gasteiger partial charge on any atom is -0.361 e. The number of para-hydroxylation sites is 1. The summed E-state index contributed by atoms with van der Waals surface area (Å²) in [6.45, 7) is 6.67. The molecule has 4 heterocycles. The van der Waals surface area contributed by atoms with Gasteiger partial charge in [0.1, 0.15) is 22.8 Å². The first-order chi connectivity index (χ1) is 25.3. The Balaban J connectivity index is 0.00000650. The topological polar surface area (TPSA) is 189 Å². The van der Waals surface area contributed by atoms with Gasteiger partial charge in [-0.05, 0) is 56.8 Å². The molecule has 2 bridgehead atoms. The van der Waals surface area contributed by atoms with E-state index in [-0.39, 0.29) is 74.4 Å². The number of H-pyrrole nitrogens is 1. The molecule has 294 valence electrons. The zero-order valence-corrected chi connectivity index (χ0v) is 33.1. The van der Waals surface area contributed by atoms with Crippen LogP contribution in [0.1, 0.15) is 67.1 Å². The standard InChI is InChI=1S/C37H51N9O6S.ClH/c1-22(2)16-28-34-43-30(21-53-34)33(49)42-29(17-25-18-39-27-9-7-6-8-26(25)27)37(52)45(5)19-31(47)40-23(3)35(50)44(4)14-15-46(20-32(48)41-28)36(51)24-10-12-38-13-11-24;/h6-9,18,21-24,28-29,38-39H,10-17,19-20H2,1-5H3,(H,40,47)(H,41,48)(H,42,49);1H/t23-,28-,29+;/m0./s1. The van der Waals surface area contributed by atoms with Gasteiger partial charge in [0, 0.05) is 62.0 Å². The molecule has 1 aromatic carbocycles. The number of halogens is 1. The Bertz CT molecular complexity index is 1810. The van der Waals surface area contributed by atoms with Crippen LogP contribution in [0.4, 0.5) is 0 Å². The van der Waals surface area contributed by atoms with Crippen LogP contribution in [-0.4, -0.2) is 126 Å². The van der Waals surface area contributed by atoms with Crippen LogP contribution in [0.3, 0.4) is 0 Å². The Morgan fingerprint density at radius 2 is 1.61 bits per heavy atom. The molecule has 3 aromatic rings. The molecule has 0 spiro atoms. The van der Waals surface area contributed by atoms with E-state index >= 15 is 0 Å². The summed E-state index contributed by atoms with van der Waals surface area (Å²) in [4.78, 5) is 93.5. The number of benzene rings is 1. The number of nitrogens with zero attached hydrogens (tertiary/aromatic N) is 4. The number of thiazole rings is 1. The van der Waals surface area contributed by atoms with Crippen LogP contribution in [0, 0.1) is 11.8 Å². The molecule has 2 aliphatic heterocycles. The van der Waals surface area contributed by atoms with Crippen molar-refractivity contribution in [2.24, 2.45) is 11.8 Å². The van der Waals surface area contributed by atoms with Crippen LogP contribution in [0.25, 0.3) is 10.9 Å². The fraction of sp³-hybridized carbons (Fsp3) is 0.541. The highest BCUT2D eigenvalue weighted by molar-refractivity contribution is 7.09. The van der Waals surface area contributed by atoms with Crippen molar-refractivity contribution >= 4 is 70.1 Å². The number of hydrogen-bond acceptors (Lipinski definition) is 9. The van der Waals surface area contributed by atoms with Crippen molar-refractivity contribution in [2.45, 2.75) is 64.6 Å². The van der Waals surface area contributed by atoms with E-state index in [1.807, 2.05) is 38.1 Å². The van der Waals surface area contributed by atoms with Gasteiger partial charge in [0.2, 0.25) is 29.5 Å². The minimum absolute atomic E-state index is 0. The first-order valence-corrected chi connectivity index (χ1v) is 19.1. The fourth-order valence-corrected chi connectivity index (χ4v) is 7.69. The van der Waals surface area contributed by atoms with E-state index in [2.05, 4.69) is 31.2 Å². The number of fused-ring (bicyclic) bond motifs is 3. The predicted octanol–water partition coefficient (Wildman–Crippen LogP) is 1.85. The summed E-state index contributed by atoms with van der Waals surface area (Å²) in [6.07, 6.45) is 3.76. The van der Waals surface area contributed by atoms with Gasteiger partial charge in [0.05, 0.1) is 19.1 Å². The monoisotopic (exact) mass is 785 g/mol. The van der Waals surface area contributed by atoms with E-state index in [0.29, 0.717) is 37.4 Å². The van der Waals surface area contributed by atoms with Gasteiger partial charge in [-0.25, -0.2) is 4.98 Å². The second-order valence-electron chi connectivity index (χ2n) is 14.4. The number of carbonyl (C=O) groups excluding carboxylic acids is 6. The molecule has 0 radical (unpaired) electrons. The zero-order valence-electron chi connectivity index (χ0n) is 31.5. The van der Waals surface area contributed by atoms with Crippen molar-refractivity contribution < 1.29 is 28.8 Å². The maximum absolute atomic E-state index is 13.9. The van der Waals surface area contributed by atoms with Crippen LogP contribution in [0.15, 0.2) is 35.8 Å². The van der Waals surface area contributed by atoms with Gasteiger partial charge in [0.25, 0.3) is 5.91 Å². The third-order valence-electron chi connectivity index (χ3n) is 9.72. The van der Waals surface area contributed by atoms with E-state index in [9.17, 15) is 28.8 Å². The molecule has 54 heavy (non-hydrogen) atoms. The van der Waals surface area contributed by atoms with Crippen LogP contribution < -0.4 is 21.3 Å². The summed E-state index contributed by atoms with van der Waals surface area (Å²) in [5, 5.41) is 14.9. The molecule has 3 atom stereocenters. The highest BCUT2D eigenvalue weighted by Crippen LogP contribution is 2.26. The van der Waals surface area contributed by atoms with E-state index in [4.69, 9.17) is 0 Å². The first kappa shape index (κ1) is 42.2. The second kappa shape index (κ2) is 19.2. The van der Waals surface area contributed by atoms with Crippen molar-refractivity contribution in [2.75, 3.05) is 53.4 Å². The number of aromatic amines is 1. The molecule has 5 rings (SSSR count). The van der Waals surface area contributed by atoms with Crippen molar-refractivity contribution in [3.63, 3.8) is 0 Å². The van der Waals surface area contributed by atoms with Gasteiger partial charge in [-0.3, -0.25) is 28.8 Å². The molecular weight excluding hydrogens is 734 g/mol. The second-order valence-corrected chi connectivity index (χ2v) is 15.3. The first-order valence-electron chi connectivity index (χ1n) is 18.2. The Labute approximate surface area is 325 Å². The Morgan fingerprint density at radius 1 is 0.907 bits per heavy atom. The summed E-state index contributed by atoms with van der Waals surface area (Å²) in [5.41, 5.74) is 1.77. The molecule has 5 N–H and O–H groups in total. The Hall–Kier alpha value is -4.54. The van der Waals surface area contributed by atoms with E-state index in [1.54, 1.807) is 25.5 Å². The number of likely N-dealkylation sites (N-methyl/N-ethyl adjacent to an activating group) is 2. The zero-order chi connectivity index (χ0) is 38.2. The van der Waals surface area contributed by atoms with Crippen molar-refractivity contribution in [3.8, 4) is 0 Å². The number of piperidine rings is 1. The summed E-state index contributed by atoms with van der Waals surface area (Å²) in [7, 11) is 3.05. The van der Waals surface area contributed by atoms with Crippen molar-refractivity contribution in [1.29, 1.82) is 0 Å². The fourth-order valence-electron chi connectivity index (χ4n) is 6.82. The van der Waals surface area contributed by atoms with Gasteiger partial charge in [-0.15, -0.1) is 23.7 Å². The maximum Gasteiger partial charge on any atom is 0.271 e. The third-order valence-corrected chi connectivity index (χ3v) is 10.7. The van der Waals surface area contributed by atoms with Crippen molar-refractivity contribution in [3.05, 3.63) is 52.1 Å². The van der Waals surface area contributed by atoms with Crippen LogP contribution in [0.5, 0.6) is 0 Å². The average molecular weight is 786 g/mol. The van der Waals surface area contributed by atoms with Crippen LogP contribution in [0.2, 0.25) is 0 Å². The normalized spacial score (nSPS) is 22.0. The van der Waals surface area contributed by atoms with Gasteiger partial charge < -0.3 is 41.0 Å². The Morgan fingerprint density at radius 3 is 2.33 bits per heavy atom. The molecule has 0 unspecified atom stereocenters. The summed E-state index contributed by atoms with van der Waals surface area (Å²) < 4.78 is 0. The summed E-state index contributed by atoms with van der Waals surface area (Å²) in [6, 6.07) is 5.10. The van der Waals surface area contributed by atoms with Gasteiger partial charge >= 0.3 is 0 Å². The minimum atomic E-state index is -1.06. The number of rotatable bonds is 5. The lowest BCUT2D eigenvalue weighted by molar-refractivity contribution is -0.142. The van der Waals surface area contributed by atoms with Gasteiger partial charge in [-0.1, -0.05) is 32.0 Å². The number of amides is 6. The third kappa shape index (κ3) is 10.8.